The third-order valence-electron chi connectivity index (χ3n) is 3.90. The number of carbonyl (C=O) groups is 1. The summed E-state index contributed by atoms with van der Waals surface area (Å²) in [4.78, 5) is 15.6. The van der Waals surface area contributed by atoms with Crippen molar-refractivity contribution >= 4 is 22.5 Å². The molecule has 1 atom stereocenters. The smallest absolute Gasteiger partial charge is 0.241 e. The lowest BCUT2D eigenvalue weighted by atomic mass is 10.0. The summed E-state index contributed by atoms with van der Waals surface area (Å²) in [5.41, 5.74) is 8.82. The maximum atomic E-state index is 12.4. The van der Waals surface area contributed by atoms with Gasteiger partial charge in [0.25, 0.3) is 0 Å². The third-order valence-corrected chi connectivity index (χ3v) is 3.90. The number of ether oxygens (including phenoxy) is 1. The second-order valence-electron chi connectivity index (χ2n) is 5.59. The van der Waals surface area contributed by atoms with E-state index < -0.39 is 6.04 Å². The summed E-state index contributed by atoms with van der Waals surface area (Å²) in [6.45, 7) is 2.44. The summed E-state index contributed by atoms with van der Waals surface area (Å²) in [5.74, 6) is 0.417. The highest BCUT2D eigenvalue weighted by Crippen LogP contribution is 2.24. The van der Waals surface area contributed by atoms with E-state index in [-0.39, 0.29) is 5.91 Å². The Morgan fingerprint density at radius 2 is 1.96 bits per heavy atom. The highest BCUT2D eigenvalue weighted by Gasteiger charge is 2.17. The number of amides is 1. The molecule has 1 heterocycles. The molecule has 24 heavy (non-hydrogen) atoms. The Morgan fingerprint density at radius 1 is 1.21 bits per heavy atom. The minimum atomic E-state index is -0.640. The molecule has 1 amide bonds. The normalized spacial score (nSPS) is 12.1. The second kappa shape index (κ2) is 7.19. The molecule has 0 unspecified atom stereocenters. The lowest BCUT2D eigenvalue weighted by Gasteiger charge is -2.14. The fraction of sp³-hybridized carbons (Fsp3) is 0.211. The molecule has 0 saturated carbocycles. The largest absolute Gasteiger partial charge is 0.492 e. The molecule has 0 saturated heterocycles. The van der Waals surface area contributed by atoms with Crippen molar-refractivity contribution in [2.75, 3.05) is 11.9 Å². The van der Waals surface area contributed by atoms with Gasteiger partial charge in [0.1, 0.15) is 5.75 Å². The van der Waals surface area contributed by atoms with E-state index in [1.807, 2.05) is 55.6 Å². The van der Waals surface area contributed by atoms with Gasteiger partial charge in [0.15, 0.2) is 0 Å². The standard InChI is InChI=1S/C19H21N3O2/c1-2-24-18-10-6-5-9-17(18)22-19(23)15(20)11-13-12-21-16-8-4-3-7-14(13)16/h3-10,12,15,21H,2,11,20H2,1H3,(H,22,23)/t15-/m0/s1. The summed E-state index contributed by atoms with van der Waals surface area (Å²) in [7, 11) is 0. The van der Waals surface area contributed by atoms with Gasteiger partial charge in [0, 0.05) is 17.1 Å². The molecule has 5 heteroatoms. The van der Waals surface area contributed by atoms with Crippen LogP contribution >= 0.6 is 0 Å². The Labute approximate surface area is 140 Å². The van der Waals surface area contributed by atoms with Crippen LogP contribution in [-0.2, 0) is 11.2 Å². The summed E-state index contributed by atoms with van der Waals surface area (Å²) in [6.07, 6.45) is 2.37. The number of fused-ring (bicyclic) bond motifs is 1. The van der Waals surface area contributed by atoms with Crippen LogP contribution in [0.4, 0.5) is 5.69 Å². The molecule has 0 aliphatic carbocycles. The zero-order chi connectivity index (χ0) is 16.9. The van der Waals surface area contributed by atoms with E-state index in [0.29, 0.717) is 24.5 Å². The van der Waals surface area contributed by atoms with Gasteiger partial charge in [-0.05, 0) is 37.1 Å². The minimum absolute atomic E-state index is 0.229. The highest BCUT2D eigenvalue weighted by molar-refractivity contribution is 5.96. The predicted octanol–water partition coefficient (Wildman–Crippen LogP) is 3.08. The van der Waals surface area contributed by atoms with Crippen LogP contribution in [0.25, 0.3) is 10.9 Å². The number of aromatic amines is 1. The average molecular weight is 323 g/mol. The Kier molecular flexibility index (Phi) is 4.82. The fourth-order valence-corrected chi connectivity index (χ4v) is 2.71. The molecule has 3 rings (SSSR count). The van der Waals surface area contributed by atoms with Crippen LogP contribution in [0, 0.1) is 0 Å². The molecule has 0 radical (unpaired) electrons. The first kappa shape index (κ1) is 16.1. The van der Waals surface area contributed by atoms with Crippen molar-refractivity contribution in [3.05, 3.63) is 60.3 Å². The number of aromatic nitrogens is 1. The van der Waals surface area contributed by atoms with Crippen molar-refractivity contribution in [3.8, 4) is 5.75 Å². The molecule has 0 bridgehead atoms. The van der Waals surface area contributed by atoms with E-state index in [2.05, 4.69) is 10.3 Å². The maximum Gasteiger partial charge on any atom is 0.241 e. The van der Waals surface area contributed by atoms with E-state index in [4.69, 9.17) is 10.5 Å². The summed E-state index contributed by atoms with van der Waals surface area (Å²) < 4.78 is 5.52. The number of hydrogen-bond acceptors (Lipinski definition) is 3. The fourth-order valence-electron chi connectivity index (χ4n) is 2.71. The van der Waals surface area contributed by atoms with Gasteiger partial charge in [-0.15, -0.1) is 0 Å². The summed E-state index contributed by atoms with van der Waals surface area (Å²) in [6, 6.07) is 14.7. The van der Waals surface area contributed by atoms with Crippen LogP contribution in [0.5, 0.6) is 5.75 Å². The second-order valence-corrected chi connectivity index (χ2v) is 5.59. The van der Waals surface area contributed by atoms with Crippen molar-refractivity contribution in [3.63, 3.8) is 0 Å². The number of carbonyl (C=O) groups excluding carboxylic acids is 1. The number of benzene rings is 2. The molecule has 4 N–H and O–H groups in total. The number of hydrogen-bond donors (Lipinski definition) is 3. The number of H-pyrrole nitrogens is 1. The molecule has 0 spiro atoms. The number of nitrogens with two attached hydrogens (primary N) is 1. The highest BCUT2D eigenvalue weighted by atomic mass is 16.5. The molecule has 0 aliphatic rings. The minimum Gasteiger partial charge on any atom is -0.492 e. The Bertz CT molecular complexity index is 841. The molecule has 0 fully saturated rings. The lowest BCUT2D eigenvalue weighted by molar-refractivity contribution is -0.117. The third kappa shape index (κ3) is 3.41. The van der Waals surface area contributed by atoms with Gasteiger partial charge in [0.05, 0.1) is 18.3 Å². The topological polar surface area (TPSA) is 80.1 Å². The van der Waals surface area contributed by atoms with Crippen LogP contribution in [0.15, 0.2) is 54.7 Å². The van der Waals surface area contributed by atoms with Crippen molar-refractivity contribution in [2.45, 2.75) is 19.4 Å². The molecule has 124 valence electrons. The SMILES string of the molecule is CCOc1ccccc1NC(=O)[C@@H](N)Cc1c[nH]c2ccccc12. The first-order valence-electron chi connectivity index (χ1n) is 8.02. The number of nitrogens with one attached hydrogen (secondary N) is 2. The molecule has 3 aromatic rings. The summed E-state index contributed by atoms with van der Waals surface area (Å²) in [5, 5.41) is 3.95. The van der Waals surface area contributed by atoms with Gasteiger partial charge in [-0.1, -0.05) is 30.3 Å². The maximum absolute atomic E-state index is 12.4. The molecular weight excluding hydrogens is 302 g/mol. The van der Waals surface area contributed by atoms with Gasteiger partial charge in [-0.2, -0.15) is 0 Å². The van der Waals surface area contributed by atoms with Crippen molar-refractivity contribution in [1.29, 1.82) is 0 Å². The molecule has 5 nitrogen and oxygen atoms in total. The van der Waals surface area contributed by atoms with Crippen LogP contribution in [0.1, 0.15) is 12.5 Å². The van der Waals surface area contributed by atoms with E-state index in [9.17, 15) is 4.79 Å². The quantitative estimate of drug-likeness (QED) is 0.652. The Hall–Kier alpha value is -2.79. The number of para-hydroxylation sites is 3. The molecule has 2 aromatic carbocycles. The van der Waals surface area contributed by atoms with Gasteiger partial charge in [-0.3, -0.25) is 4.79 Å². The van der Waals surface area contributed by atoms with E-state index in [1.165, 1.54) is 0 Å². The number of rotatable bonds is 6. The van der Waals surface area contributed by atoms with Gasteiger partial charge in [0.2, 0.25) is 5.91 Å². The first-order valence-corrected chi connectivity index (χ1v) is 8.02. The van der Waals surface area contributed by atoms with Gasteiger partial charge >= 0.3 is 0 Å². The van der Waals surface area contributed by atoms with Crippen molar-refractivity contribution < 1.29 is 9.53 Å². The Morgan fingerprint density at radius 3 is 2.79 bits per heavy atom. The lowest BCUT2D eigenvalue weighted by Crippen LogP contribution is -2.37. The monoisotopic (exact) mass is 323 g/mol. The van der Waals surface area contributed by atoms with Crippen LogP contribution in [-0.4, -0.2) is 23.5 Å². The van der Waals surface area contributed by atoms with E-state index in [0.717, 1.165) is 16.5 Å². The first-order chi connectivity index (χ1) is 11.7. The van der Waals surface area contributed by atoms with Crippen LogP contribution in [0.3, 0.4) is 0 Å². The van der Waals surface area contributed by atoms with Gasteiger partial charge < -0.3 is 20.8 Å². The average Bonchev–Trinajstić information content (AvgIpc) is 3.00. The number of anilines is 1. The van der Waals surface area contributed by atoms with Gasteiger partial charge in [-0.25, -0.2) is 0 Å². The van der Waals surface area contributed by atoms with Crippen LogP contribution < -0.4 is 15.8 Å². The zero-order valence-corrected chi connectivity index (χ0v) is 13.6. The van der Waals surface area contributed by atoms with Crippen LogP contribution in [0.2, 0.25) is 0 Å². The van der Waals surface area contributed by atoms with Crippen molar-refractivity contribution in [2.24, 2.45) is 5.73 Å². The predicted molar refractivity (Wildman–Crippen MR) is 96.2 cm³/mol. The van der Waals surface area contributed by atoms with E-state index in [1.54, 1.807) is 6.07 Å². The molecular formula is C19H21N3O2. The van der Waals surface area contributed by atoms with E-state index >= 15 is 0 Å². The Balaban J connectivity index is 1.71. The van der Waals surface area contributed by atoms with Crippen molar-refractivity contribution in [1.82, 2.24) is 4.98 Å². The zero-order valence-electron chi connectivity index (χ0n) is 13.6. The molecule has 1 aromatic heterocycles. The summed E-state index contributed by atoms with van der Waals surface area (Å²) >= 11 is 0. The molecule has 0 aliphatic heterocycles.